The highest BCUT2D eigenvalue weighted by atomic mass is 79.9. The molecule has 0 aliphatic carbocycles. The van der Waals surface area contributed by atoms with Gasteiger partial charge in [-0.05, 0) is 56.2 Å². The number of rotatable bonds is 5. The van der Waals surface area contributed by atoms with Gasteiger partial charge in [0.25, 0.3) is 0 Å². The molecule has 1 aromatic carbocycles. The first-order chi connectivity index (χ1) is 11.8. The topological polar surface area (TPSA) is 76.7 Å². The molecule has 0 bridgehead atoms. The van der Waals surface area contributed by atoms with Crippen molar-refractivity contribution in [2.75, 3.05) is 0 Å². The number of hydrogen-bond donors (Lipinski definition) is 1. The van der Waals surface area contributed by atoms with Crippen molar-refractivity contribution in [3.8, 4) is 0 Å². The Labute approximate surface area is 148 Å². The van der Waals surface area contributed by atoms with Crippen molar-refractivity contribution < 1.29 is 18.3 Å². The van der Waals surface area contributed by atoms with E-state index in [2.05, 4.69) is 36.4 Å². The van der Waals surface area contributed by atoms with Gasteiger partial charge in [0.05, 0.1) is 6.54 Å². The summed E-state index contributed by atoms with van der Waals surface area (Å²) in [5.41, 5.74) is -3.59. The van der Waals surface area contributed by atoms with Gasteiger partial charge in [-0.1, -0.05) is 12.1 Å². The number of hydrogen-bond acceptors (Lipinski definition) is 5. The lowest BCUT2D eigenvalue weighted by atomic mass is 9.85. The predicted octanol–water partition coefficient (Wildman–Crippen LogP) is 2.65. The van der Waals surface area contributed by atoms with Crippen LogP contribution < -0.4 is 0 Å². The molecule has 0 radical (unpaired) electrons. The molecule has 1 N–H and O–H groups in total. The van der Waals surface area contributed by atoms with Crippen LogP contribution >= 0.6 is 15.9 Å². The van der Waals surface area contributed by atoms with Gasteiger partial charge in [0.15, 0.2) is 5.60 Å². The predicted molar refractivity (Wildman–Crippen MR) is 83.9 cm³/mol. The summed E-state index contributed by atoms with van der Waals surface area (Å²) in [6, 6.07) is 6.64. The molecule has 0 saturated carbocycles. The Morgan fingerprint density at radius 3 is 2.40 bits per heavy atom. The molecule has 10 heteroatoms. The van der Waals surface area contributed by atoms with Crippen LogP contribution in [0.15, 0.2) is 53.4 Å². The van der Waals surface area contributed by atoms with Crippen molar-refractivity contribution in [3.05, 3.63) is 70.5 Å². The summed E-state index contributed by atoms with van der Waals surface area (Å²) in [6.07, 6.45) is 2.30. The number of pyridine rings is 1. The number of tetrazole rings is 1. The van der Waals surface area contributed by atoms with Crippen LogP contribution in [-0.2, 0) is 18.1 Å². The molecule has 3 rings (SSSR count). The number of alkyl halides is 2. The van der Waals surface area contributed by atoms with Crippen molar-refractivity contribution in [3.63, 3.8) is 0 Å². The second kappa shape index (κ2) is 6.52. The normalized spacial score (nSPS) is 14.3. The molecule has 0 saturated heterocycles. The van der Waals surface area contributed by atoms with Gasteiger partial charge < -0.3 is 5.11 Å². The number of nitrogens with zero attached hydrogens (tertiary/aromatic N) is 5. The van der Waals surface area contributed by atoms with Gasteiger partial charge in [0.1, 0.15) is 17.8 Å². The van der Waals surface area contributed by atoms with Crippen LogP contribution in [0.4, 0.5) is 13.2 Å². The van der Waals surface area contributed by atoms with Crippen molar-refractivity contribution in [2.24, 2.45) is 0 Å². The van der Waals surface area contributed by atoms with E-state index in [1.807, 2.05) is 0 Å². The van der Waals surface area contributed by atoms with Crippen LogP contribution in [0.2, 0.25) is 0 Å². The Morgan fingerprint density at radius 1 is 1.12 bits per heavy atom. The van der Waals surface area contributed by atoms with Crippen LogP contribution in [0.5, 0.6) is 0 Å². The molecule has 0 aliphatic rings. The second-order valence-electron chi connectivity index (χ2n) is 5.31. The van der Waals surface area contributed by atoms with E-state index in [9.17, 15) is 9.50 Å². The van der Waals surface area contributed by atoms with Gasteiger partial charge in [-0.25, -0.2) is 9.07 Å². The Kier molecular flexibility index (Phi) is 4.56. The third kappa shape index (κ3) is 3.27. The second-order valence-corrected chi connectivity index (χ2v) is 6.23. The number of aromatic nitrogens is 5. The molecule has 2 heterocycles. The fourth-order valence-electron chi connectivity index (χ4n) is 2.36. The lowest BCUT2D eigenvalue weighted by molar-refractivity contribution is -0.206. The minimum atomic E-state index is -3.81. The maximum atomic E-state index is 15.2. The van der Waals surface area contributed by atoms with Crippen LogP contribution in [0.3, 0.4) is 0 Å². The molecule has 130 valence electrons. The average Bonchev–Trinajstić information content (AvgIpc) is 3.08. The van der Waals surface area contributed by atoms with Gasteiger partial charge in [0.2, 0.25) is 0 Å². The number of benzene rings is 1. The highest BCUT2D eigenvalue weighted by Gasteiger charge is 2.56. The molecule has 0 aliphatic heterocycles. The minimum Gasteiger partial charge on any atom is -0.377 e. The highest BCUT2D eigenvalue weighted by molar-refractivity contribution is 9.10. The molecule has 0 amide bonds. The van der Waals surface area contributed by atoms with Gasteiger partial charge in [0, 0.05) is 10.7 Å². The zero-order valence-electron chi connectivity index (χ0n) is 12.5. The Bertz CT molecular complexity index is 843. The molecule has 3 aromatic rings. The third-order valence-electron chi connectivity index (χ3n) is 3.67. The molecule has 25 heavy (non-hydrogen) atoms. The molecule has 2 aromatic heterocycles. The molecular weight excluding hydrogens is 403 g/mol. The third-order valence-corrected chi connectivity index (χ3v) is 4.14. The van der Waals surface area contributed by atoms with E-state index in [0.717, 1.165) is 41.3 Å². The largest absolute Gasteiger partial charge is 0.377 e. The maximum absolute atomic E-state index is 15.2. The SMILES string of the molecule is OC(Cn1cnnn1)(c1ccc(F)cc1)C(F)(F)c1ccc(Br)cn1. The van der Waals surface area contributed by atoms with Crippen molar-refractivity contribution in [1.82, 2.24) is 25.2 Å². The van der Waals surface area contributed by atoms with E-state index in [4.69, 9.17) is 0 Å². The Hall–Kier alpha value is -2.33. The standard InChI is InChI=1S/C15H11BrF3N5O/c16-11-3-6-13(20-7-11)15(18,19)14(25,8-24-9-21-22-23-24)10-1-4-12(17)5-2-10/h1-7,9,25H,8H2. The van der Waals surface area contributed by atoms with E-state index in [0.29, 0.717) is 4.47 Å². The average molecular weight is 414 g/mol. The summed E-state index contributed by atoms with van der Waals surface area (Å²) in [4.78, 5) is 3.70. The van der Waals surface area contributed by atoms with E-state index in [-0.39, 0.29) is 5.56 Å². The minimum absolute atomic E-state index is 0.195. The first-order valence-electron chi connectivity index (χ1n) is 7.02. The van der Waals surface area contributed by atoms with Crippen molar-refractivity contribution in [2.45, 2.75) is 18.1 Å². The summed E-state index contributed by atoms with van der Waals surface area (Å²) in [7, 11) is 0. The van der Waals surface area contributed by atoms with Crippen LogP contribution in [0.25, 0.3) is 0 Å². The fourth-order valence-corrected chi connectivity index (χ4v) is 2.59. The molecular formula is C15H11BrF3N5O. The van der Waals surface area contributed by atoms with Gasteiger partial charge in [-0.2, -0.15) is 8.78 Å². The van der Waals surface area contributed by atoms with Crippen molar-refractivity contribution in [1.29, 1.82) is 0 Å². The van der Waals surface area contributed by atoms with Crippen molar-refractivity contribution >= 4 is 15.9 Å². The summed E-state index contributed by atoms with van der Waals surface area (Å²) in [5.74, 6) is -4.42. The number of halogens is 4. The van der Waals surface area contributed by atoms with Gasteiger partial charge in [-0.3, -0.25) is 4.98 Å². The summed E-state index contributed by atoms with van der Waals surface area (Å²) >= 11 is 3.12. The Morgan fingerprint density at radius 2 is 1.84 bits per heavy atom. The lowest BCUT2D eigenvalue weighted by Crippen LogP contribution is -2.47. The monoisotopic (exact) mass is 413 g/mol. The van der Waals surface area contributed by atoms with E-state index >= 15 is 8.78 Å². The van der Waals surface area contributed by atoms with E-state index in [1.54, 1.807) is 0 Å². The van der Waals surface area contributed by atoms with Gasteiger partial charge >= 0.3 is 5.92 Å². The summed E-state index contributed by atoms with van der Waals surface area (Å²) in [6.45, 7) is -0.656. The zero-order chi connectivity index (χ0) is 18.1. The van der Waals surface area contributed by atoms with E-state index < -0.39 is 29.6 Å². The van der Waals surface area contributed by atoms with Gasteiger partial charge in [-0.15, -0.1) is 5.10 Å². The summed E-state index contributed by atoms with van der Waals surface area (Å²) in [5, 5.41) is 21.2. The first kappa shape index (κ1) is 17.5. The molecule has 0 fully saturated rings. The maximum Gasteiger partial charge on any atom is 0.323 e. The Balaban J connectivity index is 2.12. The molecule has 1 unspecified atom stereocenters. The molecule has 0 spiro atoms. The van der Waals surface area contributed by atoms with Crippen LogP contribution in [0.1, 0.15) is 11.3 Å². The summed E-state index contributed by atoms with van der Waals surface area (Å²) < 4.78 is 45.1. The van der Waals surface area contributed by atoms with Crippen LogP contribution in [0, 0.1) is 5.82 Å². The first-order valence-corrected chi connectivity index (χ1v) is 7.81. The fraction of sp³-hybridized carbons (Fsp3) is 0.200. The molecule has 1 atom stereocenters. The zero-order valence-corrected chi connectivity index (χ0v) is 14.1. The quantitative estimate of drug-likeness (QED) is 0.695. The lowest BCUT2D eigenvalue weighted by Gasteiger charge is -2.35. The molecule has 6 nitrogen and oxygen atoms in total. The highest BCUT2D eigenvalue weighted by Crippen LogP contribution is 2.45. The smallest absolute Gasteiger partial charge is 0.323 e. The number of aliphatic hydroxyl groups is 1. The van der Waals surface area contributed by atoms with E-state index in [1.165, 1.54) is 12.3 Å². The van der Waals surface area contributed by atoms with Crippen LogP contribution in [-0.4, -0.2) is 30.3 Å².